The van der Waals surface area contributed by atoms with Gasteiger partial charge in [0.05, 0.1) is 12.0 Å². The quantitative estimate of drug-likeness (QED) is 0.618. The van der Waals surface area contributed by atoms with Gasteiger partial charge in [-0.05, 0) is 38.3 Å². The number of esters is 1. The predicted molar refractivity (Wildman–Crippen MR) is 85.0 cm³/mol. The van der Waals surface area contributed by atoms with Crippen LogP contribution in [-0.2, 0) is 9.53 Å². The summed E-state index contributed by atoms with van der Waals surface area (Å²) >= 11 is 0. The molecule has 5 heteroatoms. The SMILES string of the molecule is CCOC(=O)[C@@]1(C(C)C)CCN(c2ccc(C(C)=O)cn2)C1. The summed E-state index contributed by atoms with van der Waals surface area (Å²) in [4.78, 5) is 30.2. The van der Waals surface area contributed by atoms with E-state index in [9.17, 15) is 9.59 Å². The molecule has 1 aromatic rings. The maximum Gasteiger partial charge on any atom is 0.314 e. The summed E-state index contributed by atoms with van der Waals surface area (Å²) in [7, 11) is 0. The highest BCUT2D eigenvalue weighted by Gasteiger charge is 2.48. The highest BCUT2D eigenvalue weighted by Crippen LogP contribution is 2.40. The van der Waals surface area contributed by atoms with Crippen LogP contribution in [0.4, 0.5) is 5.82 Å². The van der Waals surface area contributed by atoms with Crippen molar-refractivity contribution in [3.63, 3.8) is 0 Å². The molecule has 1 aliphatic heterocycles. The molecule has 0 bridgehead atoms. The van der Waals surface area contributed by atoms with Crippen molar-refractivity contribution in [1.82, 2.24) is 4.98 Å². The minimum absolute atomic E-state index is 0.00326. The number of pyridine rings is 1. The van der Waals surface area contributed by atoms with E-state index in [1.54, 1.807) is 12.3 Å². The van der Waals surface area contributed by atoms with E-state index in [1.165, 1.54) is 6.92 Å². The van der Waals surface area contributed by atoms with Gasteiger partial charge in [-0.1, -0.05) is 13.8 Å². The molecule has 1 aliphatic rings. The van der Waals surface area contributed by atoms with Gasteiger partial charge >= 0.3 is 5.97 Å². The molecule has 0 spiro atoms. The standard InChI is InChI=1S/C17H24N2O3/c1-5-22-16(21)17(12(2)3)8-9-19(11-17)15-7-6-14(10-18-15)13(4)20/h6-7,10,12H,5,8-9,11H2,1-4H3/t17-/m0/s1. The zero-order valence-corrected chi connectivity index (χ0v) is 13.8. The number of Topliss-reactive ketones (excluding diaryl/α,β-unsaturated/α-hetero) is 1. The Hall–Kier alpha value is -1.91. The smallest absolute Gasteiger partial charge is 0.314 e. The molecule has 2 rings (SSSR count). The maximum atomic E-state index is 12.4. The lowest BCUT2D eigenvalue weighted by Crippen LogP contribution is -2.40. The fourth-order valence-corrected chi connectivity index (χ4v) is 2.96. The molecule has 0 N–H and O–H groups in total. The van der Waals surface area contributed by atoms with Gasteiger partial charge in [0.25, 0.3) is 0 Å². The maximum absolute atomic E-state index is 12.4. The van der Waals surface area contributed by atoms with Crippen LogP contribution in [0.1, 0.15) is 44.5 Å². The molecule has 22 heavy (non-hydrogen) atoms. The summed E-state index contributed by atoms with van der Waals surface area (Å²) in [5.41, 5.74) is 0.125. The van der Waals surface area contributed by atoms with E-state index in [1.807, 2.05) is 13.0 Å². The molecule has 1 atom stereocenters. The van der Waals surface area contributed by atoms with Crippen molar-refractivity contribution in [1.29, 1.82) is 0 Å². The number of ketones is 1. The van der Waals surface area contributed by atoms with Gasteiger partial charge < -0.3 is 9.64 Å². The number of hydrogen-bond acceptors (Lipinski definition) is 5. The Morgan fingerprint density at radius 3 is 2.64 bits per heavy atom. The number of rotatable bonds is 5. The van der Waals surface area contributed by atoms with Gasteiger partial charge in [0.1, 0.15) is 5.82 Å². The molecule has 1 saturated heterocycles. The van der Waals surface area contributed by atoms with E-state index in [0.717, 1.165) is 18.8 Å². The summed E-state index contributed by atoms with van der Waals surface area (Å²) in [5, 5.41) is 0. The number of carbonyl (C=O) groups excluding carboxylic acids is 2. The molecule has 1 aromatic heterocycles. The third-order valence-corrected chi connectivity index (χ3v) is 4.57. The Labute approximate surface area is 131 Å². The number of carbonyl (C=O) groups is 2. The van der Waals surface area contributed by atoms with Gasteiger partial charge in [0.2, 0.25) is 0 Å². The van der Waals surface area contributed by atoms with Crippen LogP contribution < -0.4 is 4.90 Å². The molecule has 0 amide bonds. The number of aromatic nitrogens is 1. The van der Waals surface area contributed by atoms with Gasteiger partial charge in [-0.25, -0.2) is 4.98 Å². The van der Waals surface area contributed by atoms with Gasteiger partial charge in [0.15, 0.2) is 5.78 Å². The highest BCUT2D eigenvalue weighted by molar-refractivity contribution is 5.93. The number of ether oxygens (including phenoxy) is 1. The molecule has 0 aromatic carbocycles. The summed E-state index contributed by atoms with van der Waals surface area (Å²) in [5.74, 6) is 0.890. The van der Waals surface area contributed by atoms with E-state index < -0.39 is 5.41 Å². The van der Waals surface area contributed by atoms with E-state index in [-0.39, 0.29) is 17.7 Å². The summed E-state index contributed by atoms with van der Waals surface area (Å²) in [6.07, 6.45) is 2.36. The summed E-state index contributed by atoms with van der Waals surface area (Å²) in [6.45, 7) is 9.26. The Morgan fingerprint density at radius 2 is 2.14 bits per heavy atom. The van der Waals surface area contributed by atoms with Crippen LogP contribution in [0.25, 0.3) is 0 Å². The zero-order valence-electron chi connectivity index (χ0n) is 13.8. The monoisotopic (exact) mass is 304 g/mol. The Balaban J connectivity index is 2.19. The second kappa shape index (κ2) is 6.46. The van der Waals surface area contributed by atoms with Crippen molar-refractivity contribution in [3.8, 4) is 0 Å². The molecule has 0 unspecified atom stereocenters. The average Bonchev–Trinajstić information content (AvgIpc) is 2.94. The van der Waals surface area contributed by atoms with Crippen molar-refractivity contribution in [2.75, 3.05) is 24.6 Å². The van der Waals surface area contributed by atoms with E-state index in [0.29, 0.717) is 18.7 Å². The summed E-state index contributed by atoms with van der Waals surface area (Å²) < 4.78 is 5.29. The fraction of sp³-hybridized carbons (Fsp3) is 0.588. The van der Waals surface area contributed by atoms with Crippen LogP contribution in [0, 0.1) is 11.3 Å². The van der Waals surface area contributed by atoms with E-state index >= 15 is 0 Å². The van der Waals surface area contributed by atoms with Crippen LogP contribution >= 0.6 is 0 Å². The first kappa shape index (κ1) is 16.5. The zero-order chi connectivity index (χ0) is 16.3. The fourth-order valence-electron chi connectivity index (χ4n) is 2.96. The topological polar surface area (TPSA) is 59.5 Å². The number of nitrogens with zero attached hydrogens (tertiary/aromatic N) is 2. The van der Waals surface area contributed by atoms with Gasteiger partial charge in [-0.15, -0.1) is 0 Å². The minimum Gasteiger partial charge on any atom is -0.466 e. The highest BCUT2D eigenvalue weighted by atomic mass is 16.5. The molecule has 0 aliphatic carbocycles. The molecule has 0 saturated carbocycles. The average molecular weight is 304 g/mol. The molecule has 120 valence electrons. The molecule has 2 heterocycles. The van der Waals surface area contributed by atoms with Crippen LogP contribution in [0.5, 0.6) is 0 Å². The summed E-state index contributed by atoms with van der Waals surface area (Å²) in [6, 6.07) is 3.63. The van der Waals surface area contributed by atoms with Crippen molar-refractivity contribution < 1.29 is 14.3 Å². The largest absolute Gasteiger partial charge is 0.466 e. The van der Waals surface area contributed by atoms with Crippen molar-refractivity contribution >= 4 is 17.6 Å². The normalized spacial score (nSPS) is 21.2. The molecular weight excluding hydrogens is 280 g/mol. The van der Waals surface area contributed by atoms with Gasteiger partial charge in [-0.2, -0.15) is 0 Å². The minimum atomic E-state index is -0.475. The molecule has 0 radical (unpaired) electrons. The first-order valence-corrected chi connectivity index (χ1v) is 7.80. The third-order valence-electron chi connectivity index (χ3n) is 4.57. The first-order chi connectivity index (χ1) is 10.4. The number of hydrogen-bond donors (Lipinski definition) is 0. The Morgan fingerprint density at radius 1 is 1.41 bits per heavy atom. The lowest BCUT2D eigenvalue weighted by atomic mass is 9.76. The second-order valence-electron chi connectivity index (χ2n) is 6.16. The van der Waals surface area contributed by atoms with Crippen LogP contribution in [-0.4, -0.2) is 36.4 Å². The molecule has 1 fully saturated rings. The molecular formula is C17H24N2O3. The van der Waals surface area contributed by atoms with Crippen molar-refractivity contribution in [3.05, 3.63) is 23.9 Å². The van der Waals surface area contributed by atoms with Crippen LogP contribution in [0.3, 0.4) is 0 Å². The van der Waals surface area contributed by atoms with Crippen LogP contribution in [0.15, 0.2) is 18.3 Å². The first-order valence-electron chi connectivity index (χ1n) is 7.80. The van der Waals surface area contributed by atoms with Crippen molar-refractivity contribution in [2.45, 2.75) is 34.1 Å². The van der Waals surface area contributed by atoms with Crippen LogP contribution in [0.2, 0.25) is 0 Å². The van der Waals surface area contributed by atoms with Gasteiger partial charge in [0, 0.05) is 24.8 Å². The third kappa shape index (κ3) is 2.98. The molecule has 5 nitrogen and oxygen atoms in total. The van der Waals surface area contributed by atoms with Crippen molar-refractivity contribution in [2.24, 2.45) is 11.3 Å². The Bertz CT molecular complexity index is 554. The number of anilines is 1. The van der Waals surface area contributed by atoms with E-state index in [4.69, 9.17) is 4.74 Å². The van der Waals surface area contributed by atoms with Gasteiger partial charge in [-0.3, -0.25) is 9.59 Å². The lowest BCUT2D eigenvalue weighted by molar-refractivity contribution is -0.156. The Kier molecular flexibility index (Phi) is 4.84. The lowest BCUT2D eigenvalue weighted by Gasteiger charge is -2.31. The predicted octanol–water partition coefficient (Wildman–Crippen LogP) is 2.70. The van der Waals surface area contributed by atoms with E-state index in [2.05, 4.69) is 23.7 Å². The second-order valence-corrected chi connectivity index (χ2v) is 6.16.